The van der Waals surface area contributed by atoms with Crippen molar-refractivity contribution in [1.82, 2.24) is 0 Å². The number of nitrogens with zero attached hydrogens (tertiary/aromatic N) is 2. The topological polar surface area (TPSA) is 104 Å². The molecule has 230 valence electrons. The average molecular weight is 670 g/mol. The normalized spacial score (nSPS) is 30.6. The summed E-state index contributed by atoms with van der Waals surface area (Å²) >= 11 is 20.7. The number of alkyl halides is 2. The van der Waals surface area contributed by atoms with E-state index in [1.807, 2.05) is 0 Å². The summed E-state index contributed by atoms with van der Waals surface area (Å²) in [6.07, 6.45) is 1.67. The van der Waals surface area contributed by atoms with E-state index >= 15 is 0 Å². The van der Waals surface area contributed by atoms with Gasteiger partial charge in [-0.3, -0.25) is 24.1 Å². The van der Waals surface area contributed by atoms with E-state index in [4.69, 9.17) is 39.5 Å². The van der Waals surface area contributed by atoms with Gasteiger partial charge in [0.1, 0.15) is 5.82 Å². The lowest BCUT2D eigenvalue weighted by atomic mass is 9.56. The zero-order chi connectivity index (χ0) is 32.0. The van der Waals surface area contributed by atoms with E-state index < -0.39 is 62.9 Å². The quantitative estimate of drug-likeness (QED) is 0.209. The van der Waals surface area contributed by atoms with Gasteiger partial charge in [0.25, 0.3) is 11.8 Å². The Morgan fingerprint density at radius 3 is 2.18 bits per heavy atom. The largest absolute Gasteiger partial charge is 0.504 e. The first kappa shape index (κ1) is 29.8. The molecule has 4 amide bonds. The highest BCUT2D eigenvalue weighted by atomic mass is 35.5. The minimum Gasteiger partial charge on any atom is -0.504 e. The van der Waals surface area contributed by atoms with Gasteiger partial charge in [-0.15, -0.1) is 23.2 Å². The maximum absolute atomic E-state index is 14.4. The van der Waals surface area contributed by atoms with E-state index in [9.17, 15) is 28.7 Å². The zero-order valence-electron chi connectivity index (χ0n) is 23.5. The molecule has 2 heterocycles. The van der Waals surface area contributed by atoms with Crippen LogP contribution in [0.4, 0.5) is 15.8 Å². The number of carbonyl (C=O) groups is 4. The predicted molar refractivity (Wildman–Crippen MR) is 165 cm³/mol. The van der Waals surface area contributed by atoms with Crippen molar-refractivity contribution in [2.75, 3.05) is 16.9 Å². The van der Waals surface area contributed by atoms with Crippen molar-refractivity contribution in [3.8, 4) is 11.5 Å². The number of aromatic hydroxyl groups is 1. The zero-order valence-corrected chi connectivity index (χ0v) is 25.8. The number of methoxy groups -OCH3 is 1. The van der Waals surface area contributed by atoms with Crippen LogP contribution >= 0.6 is 34.8 Å². The number of amides is 4. The van der Waals surface area contributed by atoms with Gasteiger partial charge in [0.2, 0.25) is 11.8 Å². The first-order chi connectivity index (χ1) is 21.4. The maximum atomic E-state index is 14.4. The van der Waals surface area contributed by atoms with E-state index in [2.05, 4.69) is 0 Å². The molecule has 8 nitrogen and oxygen atoms in total. The number of fused-ring (bicyclic) bond motifs is 4. The number of hydrogen-bond acceptors (Lipinski definition) is 6. The first-order valence-corrected chi connectivity index (χ1v) is 15.3. The highest BCUT2D eigenvalue weighted by molar-refractivity contribution is 6.58. The molecule has 2 aliphatic carbocycles. The SMILES string of the molecule is COc1cccc([C@H]2C3=CC[C@@H]4C(=O)N(c5ccc(Cl)cc5)C(=O)[C@@H]4[C@@H]3C[C@@]3(Cl)C(=O)N(c4ccc(F)cc4)C(=O)[C@@]23Cl)c1O. The van der Waals surface area contributed by atoms with E-state index in [0.717, 1.165) is 21.9 Å². The van der Waals surface area contributed by atoms with Crippen molar-refractivity contribution in [2.24, 2.45) is 17.8 Å². The van der Waals surface area contributed by atoms with Gasteiger partial charge in [-0.2, -0.15) is 0 Å². The number of imide groups is 2. The van der Waals surface area contributed by atoms with Crippen LogP contribution in [0.5, 0.6) is 11.5 Å². The van der Waals surface area contributed by atoms with Crippen LogP contribution in [-0.2, 0) is 19.2 Å². The minimum atomic E-state index is -2.18. The lowest BCUT2D eigenvalue weighted by Gasteiger charge is -2.50. The predicted octanol–water partition coefficient (Wildman–Crippen LogP) is 5.96. The van der Waals surface area contributed by atoms with Crippen LogP contribution in [0.15, 0.2) is 78.4 Å². The fourth-order valence-corrected chi connectivity index (χ4v) is 8.58. The highest BCUT2D eigenvalue weighted by Crippen LogP contribution is 2.66. The molecule has 2 saturated heterocycles. The number of ether oxygens (including phenoxy) is 1. The third-order valence-corrected chi connectivity index (χ3v) is 11.2. The molecule has 0 spiro atoms. The van der Waals surface area contributed by atoms with E-state index in [0.29, 0.717) is 16.3 Å². The van der Waals surface area contributed by atoms with Crippen LogP contribution in [-0.4, -0.2) is 45.6 Å². The van der Waals surface area contributed by atoms with Crippen molar-refractivity contribution < 1.29 is 33.4 Å². The molecule has 6 atom stereocenters. The summed E-state index contributed by atoms with van der Waals surface area (Å²) in [5.74, 6) is -7.09. The van der Waals surface area contributed by atoms with Crippen LogP contribution in [0.25, 0.3) is 0 Å². The monoisotopic (exact) mass is 668 g/mol. The van der Waals surface area contributed by atoms with Crippen molar-refractivity contribution in [3.63, 3.8) is 0 Å². The summed E-state index contributed by atoms with van der Waals surface area (Å²) in [5, 5.41) is 11.8. The number of para-hydroxylation sites is 1. The Hall–Kier alpha value is -3.92. The molecule has 45 heavy (non-hydrogen) atoms. The third-order valence-electron chi connectivity index (χ3n) is 9.54. The van der Waals surface area contributed by atoms with Crippen LogP contribution < -0.4 is 14.5 Å². The maximum Gasteiger partial charge on any atom is 0.258 e. The third kappa shape index (κ3) is 3.96. The fraction of sp³-hybridized carbons (Fsp3) is 0.273. The first-order valence-electron chi connectivity index (χ1n) is 14.2. The Kier molecular flexibility index (Phi) is 6.82. The second kappa shape index (κ2) is 10.3. The Balaban J connectivity index is 1.41. The number of hydrogen-bond donors (Lipinski definition) is 1. The Morgan fingerprint density at radius 2 is 1.51 bits per heavy atom. The molecule has 3 aromatic carbocycles. The number of carbonyl (C=O) groups excluding carboxylic acids is 4. The fourth-order valence-electron chi connectivity index (χ4n) is 7.53. The lowest BCUT2D eigenvalue weighted by molar-refractivity contribution is -0.125. The summed E-state index contributed by atoms with van der Waals surface area (Å²) in [5.41, 5.74) is 1.08. The molecule has 4 aliphatic rings. The number of allylic oxidation sites excluding steroid dienone is 2. The Bertz CT molecular complexity index is 1830. The smallest absolute Gasteiger partial charge is 0.258 e. The minimum absolute atomic E-state index is 0.0605. The molecule has 1 saturated carbocycles. The van der Waals surface area contributed by atoms with Gasteiger partial charge in [-0.05, 0) is 73.4 Å². The molecular weight excluding hydrogens is 646 g/mol. The lowest BCUT2D eigenvalue weighted by Crippen LogP contribution is -2.60. The summed E-state index contributed by atoms with van der Waals surface area (Å²) in [6, 6.07) is 15.7. The molecule has 3 fully saturated rings. The summed E-state index contributed by atoms with van der Waals surface area (Å²) in [4.78, 5) is 54.2. The average Bonchev–Trinajstić information content (AvgIpc) is 3.36. The van der Waals surface area contributed by atoms with Gasteiger partial charge in [0, 0.05) is 16.5 Å². The van der Waals surface area contributed by atoms with E-state index in [1.54, 1.807) is 42.5 Å². The number of benzene rings is 3. The standard InChI is InChI=1S/C33H24Cl3FN2O6/c1-45-24-4-2-3-22(27(24)40)26-20-13-14-21-25(29(42)38(28(21)41)18-9-5-16(34)6-10-18)23(20)15-32(35)30(43)39(31(44)33(26,32)36)19-11-7-17(37)8-12-19/h2-13,21,23,25-26,40H,14-15H2,1H3/t21-,23+,25-,26+,32+,33-/m0/s1. The molecule has 3 aromatic rings. The number of rotatable bonds is 4. The van der Waals surface area contributed by atoms with Gasteiger partial charge in [0.15, 0.2) is 21.2 Å². The van der Waals surface area contributed by atoms with Crippen LogP contribution in [0.1, 0.15) is 24.3 Å². The molecule has 2 aliphatic heterocycles. The molecular formula is C33H24Cl3FN2O6. The molecule has 1 N–H and O–H groups in total. The van der Waals surface area contributed by atoms with Gasteiger partial charge in [-0.1, -0.05) is 35.4 Å². The van der Waals surface area contributed by atoms with Gasteiger partial charge >= 0.3 is 0 Å². The Labute approximate surface area is 271 Å². The molecule has 0 aromatic heterocycles. The van der Waals surface area contributed by atoms with Crippen LogP contribution in [0.3, 0.4) is 0 Å². The summed E-state index contributed by atoms with van der Waals surface area (Å²) in [7, 11) is 1.37. The molecule has 0 bridgehead atoms. The Morgan fingerprint density at radius 1 is 0.867 bits per heavy atom. The number of anilines is 2. The summed E-state index contributed by atoms with van der Waals surface area (Å²) < 4.78 is 19.2. The molecule has 0 radical (unpaired) electrons. The highest BCUT2D eigenvalue weighted by Gasteiger charge is 2.77. The number of halogens is 4. The van der Waals surface area contributed by atoms with Gasteiger partial charge in [0.05, 0.1) is 30.3 Å². The van der Waals surface area contributed by atoms with Crippen molar-refractivity contribution >= 4 is 69.8 Å². The second-order valence-electron chi connectivity index (χ2n) is 11.6. The van der Waals surface area contributed by atoms with E-state index in [-0.39, 0.29) is 35.6 Å². The van der Waals surface area contributed by atoms with Crippen LogP contribution in [0.2, 0.25) is 5.02 Å². The second-order valence-corrected chi connectivity index (χ2v) is 13.3. The van der Waals surface area contributed by atoms with Gasteiger partial charge < -0.3 is 9.84 Å². The molecule has 0 unspecified atom stereocenters. The van der Waals surface area contributed by atoms with E-state index in [1.165, 1.54) is 25.3 Å². The summed E-state index contributed by atoms with van der Waals surface area (Å²) in [6.45, 7) is 0. The van der Waals surface area contributed by atoms with Crippen LogP contribution in [0, 0.1) is 23.6 Å². The molecule has 7 rings (SSSR count). The number of phenols is 1. The van der Waals surface area contributed by atoms with Gasteiger partial charge in [-0.25, -0.2) is 9.29 Å². The van der Waals surface area contributed by atoms with Crippen molar-refractivity contribution in [2.45, 2.75) is 28.5 Å². The van der Waals surface area contributed by atoms with Crippen molar-refractivity contribution in [1.29, 1.82) is 0 Å². The molecule has 12 heteroatoms. The van der Waals surface area contributed by atoms with Crippen molar-refractivity contribution in [3.05, 3.63) is 94.8 Å². The number of phenolic OH excluding ortho intramolecular Hbond substituents is 1.